The van der Waals surface area contributed by atoms with E-state index in [2.05, 4.69) is 37.0 Å². The van der Waals surface area contributed by atoms with E-state index in [1.807, 2.05) is 31.4 Å². The van der Waals surface area contributed by atoms with E-state index in [4.69, 9.17) is 4.98 Å². The SMILES string of the molecule is Cc1cc(N2CCN(c3cc(C4CC4)nc(C)n3)CC2)n2nc(C)cc2n1. The summed E-state index contributed by atoms with van der Waals surface area (Å²) in [5.41, 5.74) is 4.17. The van der Waals surface area contributed by atoms with Crippen molar-refractivity contribution in [1.82, 2.24) is 24.6 Å². The molecule has 0 N–H and O–H groups in total. The van der Waals surface area contributed by atoms with E-state index in [1.54, 1.807) is 0 Å². The summed E-state index contributed by atoms with van der Waals surface area (Å²) in [5.74, 6) is 3.75. The van der Waals surface area contributed by atoms with Crippen molar-refractivity contribution in [3.05, 3.63) is 41.1 Å². The maximum absolute atomic E-state index is 4.70. The minimum atomic E-state index is 0.655. The van der Waals surface area contributed by atoms with Gasteiger partial charge in [-0.15, -0.1) is 0 Å². The number of aromatic nitrogens is 5. The Bertz CT molecular complexity index is 997. The van der Waals surface area contributed by atoms with Gasteiger partial charge < -0.3 is 9.80 Å². The van der Waals surface area contributed by atoms with Crippen molar-refractivity contribution < 1.29 is 0 Å². The fourth-order valence-electron chi connectivity index (χ4n) is 3.91. The highest BCUT2D eigenvalue weighted by atomic mass is 15.4. The fourth-order valence-corrected chi connectivity index (χ4v) is 3.91. The summed E-state index contributed by atoms with van der Waals surface area (Å²) in [6.45, 7) is 9.85. The predicted molar refractivity (Wildman–Crippen MR) is 106 cm³/mol. The van der Waals surface area contributed by atoms with Gasteiger partial charge in [0.1, 0.15) is 17.5 Å². The minimum Gasteiger partial charge on any atom is -0.353 e. The lowest BCUT2D eigenvalue weighted by atomic mass is 10.2. The summed E-state index contributed by atoms with van der Waals surface area (Å²) >= 11 is 0. The van der Waals surface area contributed by atoms with E-state index in [-0.39, 0.29) is 0 Å². The van der Waals surface area contributed by atoms with Gasteiger partial charge in [0.25, 0.3) is 0 Å². The summed E-state index contributed by atoms with van der Waals surface area (Å²) in [7, 11) is 0. The Morgan fingerprint density at radius 3 is 2.30 bits per heavy atom. The number of piperazine rings is 1. The second kappa shape index (κ2) is 6.18. The Kier molecular flexibility index (Phi) is 3.77. The summed E-state index contributed by atoms with van der Waals surface area (Å²) in [5, 5.41) is 4.63. The van der Waals surface area contributed by atoms with Crippen molar-refractivity contribution >= 4 is 17.3 Å². The third-order valence-electron chi connectivity index (χ3n) is 5.43. The Morgan fingerprint density at radius 1 is 0.815 bits per heavy atom. The lowest BCUT2D eigenvalue weighted by Crippen LogP contribution is -2.47. The molecule has 5 rings (SSSR count). The van der Waals surface area contributed by atoms with Crippen LogP contribution in [0.3, 0.4) is 0 Å². The first-order valence-corrected chi connectivity index (χ1v) is 9.76. The van der Waals surface area contributed by atoms with Crippen LogP contribution < -0.4 is 9.80 Å². The molecule has 0 unspecified atom stereocenters. The first kappa shape index (κ1) is 16.5. The highest BCUT2D eigenvalue weighted by Crippen LogP contribution is 2.39. The topological polar surface area (TPSA) is 62.5 Å². The zero-order valence-electron chi connectivity index (χ0n) is 16.2. The first-order chi connectivity index (χ1) is 13.1. The summed E-state index contributed by atoms with van der Waals surface area (Å²) < 4.78 is 1.97. The van der Waals surface area contributed by atoms with Crippen molar-refractivity contribution in [2.75, 3.05) is 36.0 Å². The van der Waals surface area contributed by atoms with Crippen molar-refractivity contribution in [1.29, 1.82) is 0 Å². The summed E-state index contributed by atoms with van der Waals surface area (Å²) in [6, 6.07) is 6.37. The zero-order valence-corrected chi connectivity index (χ0v) is 16.2. The van der Waals surface area contributed by atoms with Gasteiger partial charge in [0.2, 0.25) is 0 Å². The first-order valence-electron chi connectivity index (χ1n) is 9.76. The molecule has 2 aliphatic rings. The van der Waals surface area contributed by atoms with Crippen molar-refractivity contribution in [3.63, 3.8) is 0 Å². The number of anilines is 2. The molecule has 27 heavy (non-hydrogen) atoms. The third-order valence-corrected chi connectivity index (χ3v) is 5.43. The van der Waals surface area contributed by atoms with Crippen molar-refractivity contribution in [2.45, 2.75) is 39.5 Å². The molecular weight excluding hydrogens is 338 g/mol. The molecule has 0 amide bonds. The Morgan fingerprint density at radius 2 is 1.56 bits per heavy atom. The number of fused-ring (bicyclic) bond motifs is 1. The molecule has 0 spiro atoms. The van der Waals surface area contributed by atoms with Crippen LogP contribution in [0, 0.1) is 20.8 Å². The lowest BCUT2D eigenvalue weighted by molar-refractivity contribution is 0.630. The molecule has 1 saturated heterocycles. The van der Waals surface area contributed by atoms with Gasteiger partial charge in [0.15, 0.2) is 5.65 Å². The normalized spacial score (nSPS) is 17.7. The van der Waals surface area contributed by atoms with Gasteiger partial charge >= 0.3 is 0 Å². The van der Waals surface area contributed by atoms with Crippen molar-refractivity contribution in [2.24, 2.45) is 0 Å². The van der Waals surface area contributed by atoms with Gasteiger partial charge in [-0.3, -0.25) is 0 Å². The van der Waals surface area contributed by atoms with Gasteiger partial charge in [-0.2, -0.15) is 9.61 Å². The van der Waals surface area contributed by atoms with Crippen LogP contribution >= 0.6 is 0 Å². The van der Waals surface area contributed by atoms with Gasteiger partial charge in [-0.25, -0.2) is 15.0 Å². The molecule has 3 aromatic rings. The standard InChI is InChI=1S/C20H25N7/c1-13-11-20(27-19(21-13)10-14(2)24-27)26-8-6-25(7-9-26)18-12-17(16-4-5-16)22-15(3)23-18/h10-12,16H,4-9H2,1-3H3. The molecule has 3 aromatic heterocycles. The molecule has 0 atom stereocenters. The van der Waals surface area contributed by atoms with Gasteiger partial charge in [0.05, 0.1) is 5.69 Å². The average molecular weight is 363 g/mol. The molecule has 0 aromatic carbocycles. The van der Waals surface area contributed by atoms with Crippen LogP contribution in [0.15, 0.2) is 18.2 Å². The second-order valence-electron chi connectivity index (χ2n) is 7.76. The summed E-state index contributed by atoms with van der Waals surface area (Å²) in [4.78, 5) is 18.7. The number of nitrogens with zero attached hydrogens (tertiary/aromatic N) is 7. The molecule has 1 aliphatic heterocycles. The number of rotatable bonds is 3. The zero-order chi connectivity index (χ0) is 18.5. The minimum absolute atomic E-state index is 0.655. The lowest BCUT2D eigenvalue weighted by Gasteiger charge is -2.36. The quantitative estimate of drug-likeness (QED) is 0.713. The molecular formula is C20H25N7. The Balaban J connectivity index is 1.38. The van der Waals surface area contributed by atoms with Crippen LogP contribution in [0.2, 0.25) is 0 Å². The van der Waals surface area contributed by atoms with Crippen LogP contribution in [0.5, 0.6) is 0 Å². The Hall–Kier alpha value is -2.70. The van der Waals surface area contributed by atoms with Crippen LogP contribution in [-0.2, 0) is 0 Å². The highest BCUT2D eigenvalue weighted by molar-refractivity contribution is 5.53. The summed E-state index contributed by atoms with van der Waals surface area (Å²) in [6.07, 6.45) is 2.54. The fraction of sp³-hybridized carbons (Fsp3) is 0.500. The molecule has 140 valence electrons. The smallest absolute Gasteiger partial charge is 0.157 e. The molecule has 1 saturated carbocycles. The predicted octanol–water partition coefficient (Wildman–Crippen LogP) is 2.65. The third kappa shape index (κ3) is 3.11. The molecule has 0 radical (unpaired) electrons. The maximum atomic E-state index is 4.70. The molecule has 1 aliphatic carbocycles. The van der Waals surface area contributed by atoms with Gasteiger partial charge in [0, 0.05) is 61.7 Å². The highest BCUT2D eigenvalue weighted by Gasteiger charge is 2.27. The maximum Gasteiger partial charge on any atom is 0.157 e. The number of aryl methyl sites for hydroxylation is 3. The van der Waals surface area contributed by atoms with Crippen LogP contribution in [0.1, 0.15) is 41.7 Å². The van der Waals surface area contributed by atoms with E-state index in [1.165, 1.54) is 18.5 Å². The van der Waals surface area contributed by atoms with Gasteiger partial charge in [-0.05, 0) is 33.6 Å². The van der Waals surface area contributed by atoms with E-state index >= 15 is 0 Å². The largest absolute Gasteiger partial charge is 0.353 e. The molecule has 4 heterocycles. The number of hydrogen-bond donors (Lipinski definition) is 0. The van der Waals surface area contributed by atoms with Gasteiger partial charge in [-0.1, -0.05) is 0 Å². The van der Waals surface area contributed by atoms with Crippen LogP contribution in [0.25, 0.3) is 5.65 Å². The van der Waals surface area contributed by atoms with Crippen molar-refractivity contribution in [3.8, 4) is 0 Å². The van der Waals surface area contributed by atoms with E-state index < -0.39 is 0 Å². The molecule has 7 heteroatoms. The van der Waals surface area contributed by atoms with Crippen LogP contribution in [-0.4, -0.2) is 50.7 Å². The van der Waals surface area contributed by atoms with E-state index in [9.17, 15) is 0 Å². The van der Waals surface area contributed by atoms with E-state index in [0.717, 1.165) is 60.7 Å². The molecule has 0 bridgehead atoms. The molecule has 2 fully saturated rings. The molecule has 7 nitrogen and oxygen atoms in total. The van der Waals surface area contributed by atoms with E-state index in [0.29, 0.717) is 5.92 Å². The average Bonchev–Trinajstić information content (AvgIpc) is 3.43. The number of hydrogen-bond acceptors (Lipinski definition) is 6. The monoisotopic (exact) mass is 363 g/mol. The Labute approximate surface area is 159 Å². The van der Waals surface area contributed by atoms with Crippen LogP contribution in [0.4, 0.5) is 11.6 Å². The second-order valence-corrected chi connectivity index (χ2v) is 7.76.